The lowest BCUT2D eigenvalue weighted by Crippen LogP contribution is -2.63. The molecule has 0 spiro atoms. The number of methoxy groups -OCH3 is 1. The lowest BCUT2D eigenvalue weighted by molar-refractivity contribution is -0.148. The number of amides is 1. The molecule has 0 saturated heterocycles. The zero-order valence-electron chi connectivity index (χ0n) is 24.4. The van der Waals surface area contributed by atoms with Gasteiger partial charge in [-0.3, -0.25) is 24.1 Å². The molecule has 13 heteroatoms. The number of aliphatic hydroxyl groups excluding tert-OH is 2. The van der Waals surface area contributed by atoms with Crippen molar-refractivity contribution < 1.29 is 44.3 Å². The molecular formula is C29H38N4O9. The number of hydrogen-bond acceptors (Lipinski definition) is 12. The van der Waals surface area contributed by atoms with Crippen LogP contribution in [0.15, 0.2) is 28.7 Å². The summed E-state index contributed by atoms with van der Waals surface area (Å²) in [5.41, 5.74) is 3.21. The van der Waals surface area contributed by atoms with E-state index in [4.69, 9.17) is 5.73 Å². The van der Waals surface area contributed by atoms with Crippen LogP contribution in [-0.2, 0) is 32.1 Å². The Morgan fingerprint density at radius 2 is 1.83 bits per heavy atom. The molecular weight excluding hydrogens is 548 g/mol. The van der Waals surface area contributed by atoms with Crippen LogP contribution in [0.2, 0.25) is 0 Å². The van der Waals surface area contributed by atoms with Crippen molar-refractivity contribution in [3.8, 4) is 5.75 Å². The van der Waals surface area contributed by atoms with E-state index in [2.05, 4.69) is 10.1 Å². The number of phenolic OH excluding ortho intramolecular Hbond substituents is 1. The second-order valence-electron chi connectivity index (χ2n) is 11.5. The van der Waals surface area contributed by atoms with Crippen molar-refractivity contribution in [3.05, 3.63) is 45.4 Å². The number of nitrogens with one attached hydrogen (secondary N) is 1. The van der Waals surface area contributed by atoms with Gasteiger partial charge in [0.05, 0.1) is 18.7 Å². The van der Waals surface area contributed by atoms with Gasteiger partial charge in [-0.15, -0.1) is 0 Å². The predicted octanol–water partition coefficient (Wildman–Crippen LogP) is 0.229. The van der Waals surface area contributed by atoms with Gasteiger partial charge in [0.2, 0.25) is 5.78 Å². The van der Waals surface area contributed by atoms with Crippen molar-refractivity contribution in [3.63, 3.8) is 0 Å². The molecule has 0 unspecified atom stereocenters. The van der Waals surface area contributed by atoms with E-state index >= 15 is 0 Å². The molecule has 1 aromatic rings. The maximum Gasteiger partial charge on any atom is 0.305 e. The summed E-state index contributed by atoms with van der Waals surface area (Å²) in [6.45, 7) is 0.612. The maximum absolute atomic E-state index is 14.1. The summed E-state index contributed by atoms with van der Waals surface area (Å²) in [4.78, 5) is 54.4. The van der Waals surface area contributed by atoms with E-state index in [-0.39, 0.29) is 48.7 Å². The first-order chi connectivity index (χ1) is 19.7. The van der Waals surface area contributed by atoms with Crippen LogP contribution in [0.1, 0.15) is 40.7 Å². The number of carbonyl (C=O) groups is 4. The number of primary amides is 1. The van der Waals surface area contributed by atoms with Crippen LogP contribution in [0.4, 0.5) is 5.69 Å². The second-order valence-corrected chi connectivity index (χ2v) is 11.5. The number of nitrogens with zero attached hydrogens (tertiary/aromatic N) is 2. The second kappa shape index (κ2) is 11.4. The van der Waals surface area contributed by atoms with Gasteiger partial charge in [-0.2, -0.15) is 0 Å². The molecule has 0 bridgehead atoms. The van der Waals surface area contributed by atoms with E-state index in [9.17, 15) is 39.6 Å². The molecule has 0 heterocycles. The molecule has 0 radical (unpaired) electrons. The number of carbonyl (C=O) groups excluding carboxylic acids is 4. The fourth-order valence-corrected chi connectivity index (χ4v) is 6.57. The van der Waals surface area contributed by atoms with Gasteiger partial charge in [-0.05, 0) is 57.5 Å². The predicted molar refractivity (Wildman–Crippen MR) is 151 cm³/mol. The number of anilines is 1. The van der Waals surface area contributed by atoms with Crippen LogP contribution < -0.4 is 16.0 Å². The number of phenols is 1. The number of allylic oxidation sites excluding steroid dienone is 1. The van der Waals surface area contributed by atoms with E-state index in [1.807, 2.05) is 0 Å². The zero-order valence-corrected chi connectivity index (χ0v) is 24.4. The smallest absolute Gasteiger partial charge is 0.305 e. The molecule has 7 N–H and O–H groups in total. The lowest BCUT2D eigenvalue weighted by Gasteiger charge is -2.50. The first kappa shape index (κ1) is 31.0. The largest absolute Gasteiger partial charge is 0.510 e. The highest BCUT2D eigenvalue weighted by Gasteiger charge is 2.63. The highest BCUT2D eigenvalue weighted by atomic mass is 16.5. The van der Waals surface area contributed by atoms with Gasteiger partial charge in [0.1, 0.15) is 22.8 Å². The number of esters is 1. The van der Waals surface area contributed by atoms with Gasteiger partial charge in [-0.25, -0.2) is 0 Å². The topological polar surface area (TPSA) is 203 Å². The van der Waals surface area contributed by atoms with Crippen LogP contribution >= 0.6 is 0 Å². The standard InChI is InChI=1S/C29H38N4O9/c1-32(2)17-11-14(12-31-8-6-7-18(34)42-5)23(35)20-15(17)9-13-10-16-22(33(3)4)25(37)21(28(30)40)27(39)29(16,41)26(38)19(13)24(20)36/h11,13,16,22,31,35,37-38,41H,6-10,12H2,1-5H3,(H2,30,40)/t13-,16-,22+,29-/m0/s1. The molecule has 4 atom stereocenters. The van der Waals surface area contributed by atoms with Gasteiger partial charge >= 0.3 is 5.97 Å². The minimum atomic E-state index is -2.69. The molecule has 0 aromatic heterocycles. The van der Waals surface area contributed by atoms with E-state index in [1.165, 1.54) is 12.0 Å². The van der Waals surface area contributed by atoms with Gasteiger partial charge in [0, 0.05) is 49.8 Å². The van der Waals surface area contributed by atoms with Crippen molar-refractivity contribution >= 4 is 29.1 Å². The average Bonchev–Trinajstić information content (AvgIpc) is 2.90. The first-order valence-corrected chi connectivity index (χ1v) is 13.7. The number of ether oxygens (including phenoxy) is 1. The Kier molecular flexibility index (Phi) is 8.40. The van der Waals surface area contributed by atoms with Crippen LogP contribution in [0.3, 0.4) is 0 Å². The van der Waals surface area contributed by atoms with E-state index < -0.39 is 58.0 Å². The fraction of sp³-hybridized carbons (Fsp3) is 0.517. The molecule has 0 fully saturated rings. The third-order valence-electron chi connectivity index (χ3n) is 8.54. The number of fused-ring (bicyclic) bond motifs is 3. The van der Waals surface area contributed by atoms with Gasteiger partial charge in [0.25, 0.3) is 5.91 Å². The van der Waals surface area contributed by atoms with Crippen LogP contribution in [0, 0.1) is 11.8 Å². The van der Waals surface area contributed by atoms with Crippen LogP contribution in [-0.4, -0.2) is 102 Å². The Morgan fingerprint density at radius 3 is 2.40 bits per heavy atom. The molecule has 3 aliphatic rings. The van der Waals surface area contributed by atoms with Crippen molar-refractivity contribution in [1.82, 2.24) is 10.2 Å². The summed E-state index contributed by atoms with van der Waals surface area (Å²) >= 11 is 0. The third kappa shape index (κ3) is 4.80. The van der Waals surface area contributed by atoms with Gasteiger partial charge < -0.3 is 41.1 Å². The summed E-state index contributed by atoms with van der Waals surface area (Å²) in [7, 11) is 8.07. The Morgan fingerprint density at radius 1 is 1.17 bits per heavy atom. The molecule has 4 rings (SSSR count). The third-order valence-corrected chi connectivity index (χ3v) is 8.54. The van der Waals surface area contributed by atoms with Crippen molar-refractivity contribution in [1.29, 1.82) is 0 Å². The van der Waals surface area contributed by atoms with Gasteiger partial charge in [-0.1, -0.05) is 0 Å². The number of aromatic hydroxyl groups is 1. The number of aliphatic hydroxyl groups is 3. The molecule has 13 nitrogen and oxygen atoms in total. The number of ketones is 2. The van der Waals surface area contributed by atoms with Crippen LogP contribution in [0.25, 0.3) is 0 Å². The van der Waals surface area contributed by atoms with E-state index in [0.717, 1.165) is 0 Å². The first-order valence-electron chi connectivity index (χ1n) is 13.7. The van der Waals surface area contributed by atoms with Crippen LogP contribution in [0.5, 0.6) is 5.75 Å². The number of likely N-dealkylation sites (N-methyl/N-ethyl adjacent to an activating group) is 1. The highest BCUT2D eigenvalue weighted by molar-refractivity contribution is 6.25. The molecule has 0 saturated carbocycles. The maximum atomic E-state index is 14.1. The normalized spacial score (nSPS) is 25.3. The Balaban J connectivity index is 1.80. The summed E-state index contributed by atoms with van der Waals surface area (Å²) in [6.07, 6.45) is 0.933. The van der Waals surface area contributed by atoms with Crippen molar-refractivity contribution in [2.45, 2.75) is 43.9 Å². The summed E-state index contributed by atoms with van der Waals surface area (Å²) < 4.78 is 4.64. The fourth-order valence-electron chi connectivity index (χ4n) is 6.57. The lowest BCUT2D eigenvalue weighted by atomic mass is 9.58. The molecule has 42 heavy (non-hydrogen) atoms. The summed E-state index contributed by atoms with van der Waals surface area (Å²) in [5, 5.41) is 48.6. The average molecular weight is 587 g/mol. The molecule has 0 aliphatic heterocycles. The number of Topliss-reactive ketones (excluding diaryl/α,β-unsaturated/α-hetero) is 2. The van der Waals surface area contributed by atoms with Gasteiger partial charge in [0.15, 0.2) is 11.4 Å². The minimum absolute atomic E-state index is 0.0168. The quantitative estimate of drug-likeness (QED) is 0.131. The monoisotopic (exact) mass is 586 g/mol. The highest BCUT2D eigenvalue weighted by Crippen LogP contribution is 2.53. The van der Waals surface area contributed by atoms with Crippen molar-refractivity contribution in [2.24, 2.45) is 17.6 Å². The minimum Gasteiger partial charge on any atom is -0.510 e. The molecule has 228 valence electrons. The molecule has 3 aliphatic carbocycles. The number of hydrogen-bond donors (Lipinski definition) is 6. The Bertz CT molecular complexity index is 1410. The number of nitrogens with two attached hydrogens (primary N) is 1. The Labute approximate surface area is 243 Å². The summed E-state index contributed by atoms with van der Waals surface area (Å²) in [6, 6.07) is 0.716. The summed E-state index contributed by atoms with van der Waals surface area (Å²) in [5.74, 6) is -7.19. The molecule has 1 amide bonds. The SMILES string of the molecule is COC(=O)CCCNCc1cc(N(C)C)c2c(c1O)C(=O)C1=C(O)[C@]3(O)C(=O)C(C(N)=O)=C(O)[C@H](N(C)C)[C@@H]3C[C@@H]1C2. The van der Waals surface area contributed by atoms with Crippen molar-refractivity contribution in [2.75, 3.05) is 46.7 Å². The molecule has 1 aromatic carbocycles. The zero-order chi connectivity index (χ0) is 31.3. The number of benzene rings is 1. The Hall–Kier alpha value is -3.94. The van der Waals surface area contributed by atoms with E-state index in [0.29, 0.717) is 29.8 Å². The van der Waals surface area contributed by atoms with E-state index in [1.54, 1.807) is 39.2 Å². The number of rotatable bonds is 9.